The lowest BCUT2D eigenvalue weighted by Crippen LogP contribution is -2.18. The molecule has 0 radical (unpaired) electrons. The summed E-state index contributed by atoms with van der Waals surface area (Å²) in [5.74, 6) is -1.65. The highest BCUT2D eigenvalue weighted by Gasteiger charge is 2.16. The van der Waals surface area contributed by atoms with Crippen LogP contribution in [0.5, 0.6) is 0 Å². The third-order valence-corrected chi connectivity index (χ3v) is 4.38. The van der Waals surface area contributed by atoms with Crippen molar-refractivity contribution in [3.8, 4) is 0 Å². The van der Waals surface area contributed by atoms with Crippen LogP contribution in [0.3, 0.4) is 0 Å². The number of rotatable bonds is 7. The van der Waals surface area contributed by atoms with E-state index in [1.807, 2.05) is 6.92 Å². The van der Waals surface area contributed by atoms with Crippen LogP contribution in [0.15, 0.2) is 36.5 Å². The van der Waals surface area contributed by atoms with E-state index in [1.165, 1.54) is 29.1 Å². The lowest BCUT2D eigenvalue weighted by Gasteiger charge is -2.08. The lowest BCUT2D eigenvalue weighted by molar-refractivity contribution is -0.116. The number of benzene rings is 1. The van der Waals surface area contributed by atoms with Crippen LogP contribution in [-0.4, -0.2) is 36.5 Å². The van der Waals surface area contributed by atoms with E-state index in [-0.39, 0.29) is 30.4 Å². The molecular weight excluding hydrogens is 365 g/mol. The Balaban J connectivity index is 1.66. The second kappa shape index (κ2) is 8.03. The highest BCUT2D eigenvalue weighted by atomic mass is 19.1. The van der Waals surface area contributed by atoms with Gasteiger partial charge in [-0.2, -0.15) is 10.2 Å². The Kier molecular flexibility index (Phi) is 5.53. The minimum atomic E-state index is -1.09. The number of carbonyl (C=O) groups excluding carboxylic acids is 1. The number of aromatic nitrogens is 4. The van der Waals surface area contributed by atoms with Crippen molar-refractivity contribution >= 4 is 17.6 Å². The Morgan fingerprint density at radius 1 is 1.14 bits per heavy atom. The topological polar surface area (TPSA) is 102 Å². The molecule has 0 atom stereocenters. The summed E-state index contributed by atoms with van der Waals surface area (Å²) in [4.78, 5) is 23.4. The number of carbonyl (C=O) groups is 2. The summed E-state index contributed by atoms with van der Waals surface area (Å²) in [5.41, 5.74) is 2.99. The zero-order chi connectivity index (χ0) is 20.3. The first-order chi connectivity index (χ1) is 13.3. The Labute approximate surface area is 160 Å². The number of nitrogens with one attached hydrogen (secondary N) is 1. The molecule has 0 aliphatic rings. The van der Waals surface area contributed by atoms with Crippen molar-refractivity contribution in [2.45, 2.75) is 33.4 Å². The van der Waals surface area contributed by atoms with E-state index >= 15 is 0 Å². The molecule has 3 aromatic rings. The second-order valence-electron chi connectivity index (χ2n) is 6.37. The van der Waals surface area contributed by atoms with E-state index in [4.69, 9.17) is 5.11 Å². The van der Waals surface area contributed by atoms with Crippen molar-refractivity contribution in [2.24, 2.45) is 0 Å². The van der Waals surface area contributed by atoms with Crippen molar-refractivity contribution in [2.75, 3.05) is 5.32 Å². The molecule has 0 fully saturated rings. The van der Waals surface area contributed by atoms with Gasteiger partial charge in [0, 0.05) is 12.6 Å². The predicted molar refractivity (Wildman–Crippen MR) is 99.6 cm³/mol. The fourth-order valence-corrected chi connectivity index (χ4v) is 2.90. The monoisotopic (exact) mass is 385 g/mol. The maximum absolute atomic E-state index is 13.1. The number of carboxylic acid groups (broad SMARTS) is 1. The zero-order valence-electron chi connectivity index (χ0n) is 15.5. The molecule has 8 nitrogen and oxygen atoms in total. The molecule has 2 aromatic heterocycles. The standard InChI is InChI=1S/C19H20FN5O3/c1-12-18(13(2)25(23-12)11-14-3-5-15(20)6-4-14)22-17(26)8-10-24-16(19(27)28)7-9-21-24/h3-7,9H,8,10-11H2,1-2H3,(H,22,26)(H,27,28). The van der Waals surface area contributed by atoms with E-state index in [9.17, 15) is 14.0 Å². The van der Waals surface area contributed by atoms with Crippen LogP contribution < -0.4 is 5.32 Å². The van der Waals surface area contributed by atoms with Crippen molar-refractivity contribution in [1.82, 2.24) is 19.6 Å². The van der Waals surface area contributed by atoms with Gasteiger partial charge < -0.3 is 10.4 Å². The van der Waals surface area contributed by atoms with E-state index in [0.717, 1.165) is 11.3 Å². The van der Waals surface area contributed by atoms with Crippen molar-refractivity contribution in [1.29, 1.82) is 0 Å². The van der Waals surface area contributed by atoms with Crippen molar-refractivity contribution in [3.63, 3.8) is 0 Å². The van der Waals surface area contributed by atoms with Crippen molar-refractivity contribution < 1.29 is 19.1 Å². The minimum Gasteiger partial charge on any atom is -0.477 e. The maximum atomic E-state index is 13.1. The lowest BCUT2D eigenvalue weighted by atomic mass is 10.2. The summed E-state index contributed by atoms with van der Waals surface area (Å²) in [6.45, 7) is 4.25. The normalized spacial score (nSPS) is 10.8. The number of anilines is 1. The average Bonchev–Trinajstić information content (AvgIpc) is 3.22. The van der Waals surface area contributed by atoms with Gasteiger partial charge >= 0.3 is 5.97 Å². The van der Waals surface area contributed by atoms with Crippen LogP contribution in [0.25, 0.3) is 0 Å². The van der Waals surface area contributed by atoms with Gasteiger partial charge in [-0.1, -0.05) is 12.1 Å². The van der Waals surface area contributed by atoms with Crippen LogP contribution in [0.1, 0.15) is 33.9 Å². The van der Waals surface area contributed by atoms with Gasteiger partial charge in [0.05, 0.1) is 30.2 Å². The summed E-state index contributed by atoms with van der Waals surface area (Å²) in [6.07, 6.45) is 1.46. The second-order valence-corrected chi connectivity index (χ2v) is 6.37. The molecular formula is C19H20FN5O3. The first-order valence-corrected chi connectivity index (χ1v) is 8.68. The third kappa shape index (κ3) is 4.25. The highest BCUT2D eigenvalue weighted by molar-refractivity contribution is 5.92. The third-order valence-electron chi connectivity index (χ3n) is 4.38. The Bertz CT molecular complexity index is 1010. The van der Waals surface area contributed by atoms with E-state index in [2.05, 4.69) is 15.5 Å². The summed E-state index contributed by atoms with van der Waals surface area (Å²) < 4.78 is 16.1. The fourth-order valence-electron chi connectivity index (χ4n) is 2.90. The molecule has 0 unspecified atom stereocenters. The Morgan fingerprint density at radius 3 is 2.54 bits per heavy atom. The van der Waals surface area contributed by atoms with Gasteiger partial charge in [0.1, 0.15) is 11.5 Å². The molecule has 3 rings (SSSR count). The van der Waals surface area contributed by atoms with Crippen LogP contribution in [0, 0.1) is 19.7 Å². The summed E-state index contributed by atoms with van der Waals surface area (Å²) in [7, 11) is 0. The summed E-state index contributed by atoms with van der Waals surface area (Å²) in [6, 6.07) is 7.55. The van der Waals surface area contributed by atoms with Crippen LogP contribution in [0.2, 0.25) is 0 Å². The summed E-state index contributed by atoms with van der Waals surface area (Å²) >= 11 is 0. The first-order valence-electron chi connectivity index (χ1n) is 8.68. The largest absolute Gasteiger partial charge is 0.477 e. The number of halogens is 1. The molecule has 0 saturated heterocycles. The zero-order valence-corrected chi connectivity index (χ0v) is 15.5. The van der Waals surface area contributed by atoms with Gasteiger partial charge in [0.15, 0.2) is 0 Å². The molecule has 0 aliphatic heterocycles. The van der Waals surface area contributed by atoms with Gasteiger partial charge in [-0.25, -0.2) is 9.18 Å². The minimum absolute atomic E-state index is 0.0345. The molecule has 146 valence electrons. The molecule has 0 saturated carbocycles. The molecule has 9 heteroatoms. The fraction of sp³-hybridized carbons (Fsp3) is 0.263. The Morgan fingerprint density at radius 2 is 1.86 bits per heavy atom. The molecule has 2 N–H and O–H groups in total. The van der Waals surface area contributed by atoms with Crippen molar-refractivity contribution in [3.05, 3.63) is 65.0 Å². The van der Waals surface area contributed by atoms with Gasteiger partial charge in [-0.05, 0) is 37.6 Å². The number of hydrogen-bond acceptors (Lipinski definition) is 4. The molecule has 1 amide bonds. The average molecular weight is 385 g/mol. The molecule has 2 heterocycles. The van der Waals surface area contributed by atoms with Gasteiger partial charge in [-0.15, -0.1) is 0 Å². The molecule has 0 aliphatic carbocycles. The molecule has 28 heavy (non-hydrogen) atoms. The maximum Gasteiger partial charge on any atom is 0.354 e. The van der Waals surface area contributed by atoms with E-state index in [1.54, 1.807) is 23.7 Å². The quantitative estimate of drug-likeness (QED) is 0.651. The van der Waals surface area contributed by atoms with E-state index in [0.29, 0.717) is 17.9 Å². The van der Waals surface area contributed by atoms with Gasteiger partial charge in [0.25, 0.3) is 0 Å². The number of hydrogen-bond donors (Lipinski definition) is 2. The molecule has 1 aromatic carbocycles. The predicted octanol–water partition coefficient (Wildman–Crippen LogP) is 2.61. The van der Waals surface area contributed by atoms with Crippen LogP contribution in [-0.2, 0) is 17.9 Å². The smallest absolute Gasteiger partial charge is 0.354 e. The van der Waals surface area contributed by atoms with Crippen LogP contribution >= 0.6 is 0 Å². The number of amides is 1. The number of aryl methyl sites for hydroxylation is 2. The summed E-state index contributed by atoms with van der Waals surface area (Å²) in [5, 5.41) is 20.3. The Hall–Kier alpha value is -3.49. The number of carboxylic acids is 1. The van der Waals surface area contributed by atoms with Gasteiger partial charge in [-0.3, -0.25) is 14.2 Å². The van der Waals surface area contributed by atoms with Crippen LogP contribution in [0.4, 0.5) is 10.1 Å². The number of aromatic carboxylic acids is 1. The number of nitrogens with zero attached hydrogens (tertiary/aromatic N) is 4. The SMILES string of the molecule is Cc1nn(Cc2ccc(F)cc2)c(C)c1NC(=O)CCn1nccc1C(=O)O. The van der Waals surface area contributed by atoms with Gasteiger partial charge in [0.2, 0.25) is 5.91 Å². The molecule has 0 bridgehead atoms. The van der Waals surface area contributed by atoms with E-state index < -0.39 is 5.97 Å². The highest BCUT2D eigenvalue weighted by Crippen LogP contribution is 2.21. The molecule has 0 spiro atoms. The first kappa shape index (κ1) is 19.3.